The number of rotatable bonds is 5. The topological polar surface area (TPSA) is 82.7 Å². The molecule has 0 bridgehead atoms. The maximum Gasteiger partial charge on any atom is 0.152 e. The maximum atomic E-state index is 9.08. The number of aryl methyl sites for hydroxylation is 1. The Kier molecular flexibility index (Phi) is 5.77. The molecule has 30 heavy (non-hydrogen) atoms. The van der Waals surface area contributed by atoms with Crippen LogP contribution < -0.4 is 5.32 Å². The van der Waals surface area contributed by atoms with E-state index in [1.165, 1.54) is 5.56 Å². The number of aromatic nitrogens is 4. The Hall–Kier alpha value is -3.24. The lowest BCUT2D eigenvalue weighted by molar-refractivity contribution is 0.211. The standard InChI is InChI=1S/C23H27N7/c1-16-17(2)23(28-27-22(16)21-7-10-25-29(21)3)26-20-8-11-30(12-9-20)15-19-6-4-5-18(13-19)14-24/h4-7,10,13,20H,8-9,11-12,15H2,1-3H3,(H,26,28). The van der Waals surface area contributed by atoms with Crippen LogP contribution in [0.4, 0.5) is 5.82 Å². The molecule has 0 saturated carbocycles. The van der Waals surface area contributed by atoms with Gasteiger partial charge in [0, 0.05) is 38.9 Å². The van der Waals surface area contributed by atoms with Crippen molar-refractivity contribution in [2.45, 2.75) is 39.3 Å². The van der Waals surface area contributed by atoms with Crippen LogP contribution in [0.15, 0.2) is 36.5 Å². The molecule has 7 heteroatoms. The third-order valence-corrected chi connectivity index (χ3v) is 5.98. The molecule has 2 aromatic heterocycles. The van der Waals surface area contributed by atoms with Crippen LogP contribution in [-0.4, -0.2) is 44.0 Å². The summed E-state index contributed by atoms with van der Waals surface area (Å²) in [5.41, 5.74) is 6.05. The molecule has 7 nitrogen and oxygen atoms in total. The number of anilines is 1. The fourth-order valence-electron chi connectivity index (χ4n) is 4.02. The first kappa shape index (κ1) is 20.0. The first-order chi connectivity index (χ1) is 14.5. The van der Waals surface area contributed by atoms with E-state index in [2.05, 4.69) is 51.5 Å². The first-order valence-electron chi connectivity index (χ1n) is 10.4. The van der Waals surface area contributed by atoms with Crippen molar-refractivity contribution in [1.29, 1.82) is 5.26 Å². The van der Waals surface area contributed by atoms with Crippen LogP contribution in [0, 0.1) is 25.2 Å². The Morgan fingerprint density at radius 2 is 1.93 bits per heavy atom. The molecule has 0 atom stereocenters. The zero-order chi connectivity index (χ0) is 21.1. The predicted octanol–water partition coefficient (Wildman–Crippen LogP) is 3.44. The lowest BCUT2D eigenvalue weighted by Gasteiger charge is -2.33. The highest BCUT2D eigenvalue weighted by Gasteiger charge is 2.21. The lowest BCUT2D eigenvalue weighted by Crippen LogP contribution is -2.39. The summed E-state index contributed by atoms with van der Waals surface area (Å²) in [5.74, 6) is 0.874. The number of hydrogen-bond acceptors (Lipinski definition) is 6. The molecule has 0 unspecified atom stereocenters. The summed E-state index contributed by atoms with van der Waals surface area (Å²) >= 11 is 0. The monoisotopic (exact) mass is 401 g/mol. The third kappa shape index (κ3) is 4.19. The van der Waals surface area contributed by atoms with Gasteiger partial charge in [0.15, 0.2) is 5.82 Å². The number of piperidine rings is 1. The van der Waals surface area contributed by atoms with Crippen molar-refractivity contribution in [3.8, 4) is 17.5 Å². The molecule has 1 fully saturated rings. The summed E-state index contributed by atoms with van der Waals surface area (Å²) in [5, 5.41) is 25.9. The SMILES string of the molecule is Cc1c(NC2CCN(Cc3cccc(C#N)c3)CC2)nnc(-c2ccnn2C)c1C. The Morgan fingerprint density at radius 1 is 1.13 bits per heavy atom. The van der Waals surface area contributed by atoms with Gasteiger partial charge in [-0.05, 0) is 61.6 Å². The summed E-state index contributed by atoms with van der Waals surface area (Å²) < 4.78 is 1.82. The first-order valence-corrected chi connectivity index (χ1v) is 10.4. The number of likely N-dealkylation sites (tertiary alicyclic amines) is 1. The number of nitrogens with zero attached hydrogens (tertiary/aromatic N) is 6. The second-order valence-electron chi connectivity index (χ2n) is 7.99. The van der Waals surface area contributed by atoms with E-state index in [0.717, 1.165) is 66.4 Å². The highest BCUT2D eigenvalue weighted by atomic mass is 15.3. The number of hydrogen-bond donors (Lipinski definition) is 1. The minimum atomic E-state index is 0.390. The Morgan fingerprint density at radius 3 is 2.63 bits per heavy atom. The van der Waals surface area contributed by atoms with Crippen molar-refractivity contribution in [2.24, 2.45) is 7.05 Å². The molecule has 0 radical (unpaired) electrons. The minimum absolute atomic E-state index is 0.390. The third-order valence-electron chi connectivity index (χ3n) is 5.98. The molecular weight excluding hydrogens is 374 g/mol. The normalized spacial score (nSPS) is 15.1. The van der Waals surface area contributed by atoms with E-state index < -0.39 is 0 Å². The average molecular weight is 402 g/mol. The molecule has 1 aliphatic heterocycles. The summed E-state index contributed by atoms with van der Waals surface area (Å²) in [6, 6.07) is 12.5. The predicted molar refractivity (Wildman–Crippen MR) is 117 cm³/mol. The molecule has 0 amide bonds. The van der Waals surface area contributed by atoms with Crippen molar-refractivity contribution in [3.05, 3.63) is 58.8 Å². The number of benzene rings is 1. The maximum absolute atomic E-state index is 9.08. The van der Waals surface area contributed by atoms with Crippen molar-refractivity contribution in [1.82, 2.24) is 24.9 Å². The van der Waals surface area contributed by atoms with E-state index in [1.54, 1.807) is 6.20 Å². The lowest BCUT2D eigenvalue weighted by atomic mass is 10.0. The number of nitriles is 1. The molecular formula is C23H27N7. The quantitative estimate of drug-likeness (QED) is 0.705. The van der Waals surface area contributed by atoms with Gasteiger partial charge in [-0.1, -0.05) is 12.1 Å². The summed E-state index contributed by atoms with van der Waals surface area (Å²) in [6.45, 7) is 7.12. The Balaban J connectivity index is 1.38. The van der Waals surface area contributed by atoms with Crippen LogP contribution >= 0.6 is 0 Å². The van der Waals surface area contributed by atoms with Crippen LogP contribution in [0.2, 0.25) is 0 Å². The summed E-state index contributed by atoms with van der Waals surface area (Å²) in [7, 11) is 1.92. The second kappa shape index (κ2) is 8.64. The zero-order valence-electron chi connectivity index (χ0n) is 17.8. The average Bonchev–Trinajstić information content (AvgIpc) is 3.18. The van der Waals surface area contributed by atoms with Crippen LogP contribution in [0.5, 0.6) is 0 Å². The summed E-state index contributed by atoms with van der Waals surface area (Å²) in [6.07, 6.45) is 3.89. The molecule has 3 heterocycles. The molecule has 154 valence electrons. The molecule has 1 aromatic carbocycles. The van der Waals surface area contributed by atoms with Crippen LogP contribution in [0.3, 0.4) is 0 Å². The van der Waals surface area contributed by atoms with Gasteiger partial charge in [-0.3, -0.25) is 9.58 Å². The van der Waals surface area contributed by atoms with Gasteiger partial charge in [-0.25, -0.2) is 0 Å². The zero-order valence-corrected chi connectivity index (χ0v) is 17.8. The minimum Gasteiger partial charge on any atom is -0.366 e. The van der Waals surface area contributed by atoms with E-state index in [9.17, 15) is 0 Å². The van der Waals surface area contributed by atoms with E-state index in [-0.39, 0.29) is 0 Å². The highest BCUT2D eigenvalue weighted by Crippen LogP contribution is 2.27. The molecule has 4 rings (SSSR count). The largest absolute Gasteiger partial charge is 0.366 e. The van der Waals surface area contributed by atoms with Crippen molar-refractivity contribution in [2.75, 3.05) is 18.4 Å². The Bertz CT molecular complexity index is 1070. The molecule has 0 spiro atoms. The van der Waals surface area contributed by atoms with Gasteiger partial charge in [0.25, 0.3) is 0 Å². The van der Waals surface area contributed by atoms with Crippen molar-refractivity contribution < 1.29 is 0 Å². The van der Waals surface area contributed by atoms with Crippen molar-refractivity contribution in [3.63, 3.8) is 0 Å². The second-order valence-corrected chi connectivity index (χ2v) is 7.99. The van der Waals surface area contributed by atoms with Crippen LogP contribution in [0.25, 0.3) is 11.4 Å². The van der Waals surface area contributed by atoms with Gasteiger partial charge in [0.2, 0.25) is 0 Å². The highest BCUT2D eigenvalue weighted by molar-refractivity contribution is 5.63. The van der Waals surface area contributed by atoms with Gasteiger partial charge in [-0.15, -0.1) is 10.2 Å². The van der Waals surface area contributed by atoms with Crippen molar-refractivity contribution >= 4 is 5.82 Å². The number of nitrogens with one attached hydrogen (secondary N) is 1. The van der Waals surface area contributed by atoms with Gasteiger partial charge in [-0.2, -0.15) is 10.4 Å². The fourth-order valence-corrected chi connectivity index (χ4v) is 4.02. The molecule has 1 aliphatic rings. The van der Waals surface area contributed by atoms with Gasteiger partial charge in [0.1, 0.15) is 5.69 Å². The van der Waals surface area contributed by atoms with Gasteiger partial charge < -0.3 is 5.32 Å². The van der Waals surface area contributed by atoms with E-state index >= 15 is 0 Å². The van der Waals surface area contributed by atoms with E-state index in [0.29, 0.717) is 6.04 Å². The summed E-state index contributed by atoms with van der Waals surface area (Å²) in [4.78, 5) is 2.45. The van der Waals surface area contributed by atoms with Gasteiger partial charge >= 0.3 is 0 Å². The van der Waals surface area contributed by atoms with E-state index in [4.69, 9.17) is 5.26 Å². The molecule has 1 N–H and O–H groups in total. The molecule has 0 aliphatic carbocycles. The van der Waals surface area contributed by atoms with E-state index in [1.807, 2.05) is 36.0 Å². The van der Waals surface area contributed by atoms with Crippen LogP contribution in [-0.2, 0) is 13.6 Å². The smallest absolute Gasteiger partial charge is 0.152 e. The molecule has 1 saturated heterocycles. The van der Waals surface area contributed by atoms with Gasteiger partial charge in [0.05, 0.1) is 17.3 Å². The fraction of sp³-hybridized carbons (Fsp3) is 0.391. The van der Waals surface area contributed by atoms with Crippen LogP contribution in [0.1, 0.15) is 35.1 Å². The molecule has 3 aromatic rings. The Labute approximate surface area is 177 Å².